The average Bonchev–Trinajstić information content (AvgIpc) is 2.95. The number of hydrogen-bond donors (Lipinski definition) is 1. The average molecular weight is 531 g/mol. The Morgan fingerprint density at radius 1 is 0.769 bits per heavy atom. The van der Waals surface area contributed by atoms with E-state index >= 15 is 0 Å². The first-order valence-electron chi connectivity index (χ1n) is 14.0. The predicted molar refractivity (Wildman–Crippen MR) is 157 cm³/mol. The van der Waals surface area contributed by atoms with Gasteiger partial charge in [-0.2, -0.15) is 0 Å². The van der Waals surface area contributed by atoms with Crippen LogP contribution in [-0.2, 0) is 27.4 Å². The van der Waals surface area contributed by atoms with Gasteiger partial charge < -0.3 is 19.7 Å². The Morgan fingerprint density at radius 2 is 1.44 bits per heavy atom. The number of nitrogens with one attached hydrogen (secondary N) is 1. The molecule has 39 heavy (non-hydrogen) atoms. The quantitative estimate of drug-likeness (QED) is 0.170. The normalized spacial score (nSPS) is 10.8. The summed E-state index contributed by atoms with van der Waals surface area (Å²) in [6, 6.07) is 26.5. The van der Waals surface area contributed by atoms with Gasteiger partial charge in [0.05, 0.1) is 13.0 Å². The van der Waals surface area contributed by atoms with Gasteiger partial charge >= 0.3 is 5.97 Å². The minimum atomic E-state index is -0.101. The predicted octanol–water partition coefficient (Wildman–Crippen LogP) is 6.04. The number of hydrogen-bond acceptors (Lipinski definition) is 5. The van der Waals surface area contributed by atoms with Gasteiger partial charge in [0.25, 0.3) is 0 Å². The molecular weight excluding hydrogens is 488 g/mol. The van der Waals surface area contributed by atoms with Crippen LogP contribution in [0.25, 0.3) is 11.1 Å². The lowest BCUT2D eigenvalue weighted by atomic mass is 10.0. The lowest BCUT2D eigenvalue weighted by Gasteiger charge is -2.16. The zero-order valence-corrected chi connectivity index (χ0v) is 23.4. The van der Waals surface area contributed by atoms with Crippen molar-refractivity contribution in [2.75, 3.05) is 33.3 Å². The molecule has 208 valence electrons. The van der Waals surface area contributed by atoms with Crippen molar-refractivity contribution in [3.8, 4) is 16.9 Å². The molecule has 0 saturated carbocycles. The van der Waals surface area contributed by atoms with Gasteiger partial charge in [0.15, 0.2) is 0 Å². The fraction of sp³-hybridized carbons (Fsp3) is 0.394. The molecule has 0 bridgehead atoms. The van der Waals surface area contributed by atoms with E-state index in [0.29, 0.717) is 32.6 Å². The Bertz CT molecular complexity index is 1110. The molecule has 0 atom stereocenters. The standard InChI is InChI=1S/C33H42N2O4/c1-3-38-33(37)13-9-4-5-10-23-35(2)24-22-34-32(36)25-27-16-20-31(21-17-27)39-26-28-14-18-30(19-15-28)29-11-7-6-8-12-29/h6-8,11-12,14-21H,3-5,9-10,13,22-26H2,1-2H3,(H,34,36). The summed E-state index contributed by atoms with van der Waals surface area (Å²) in [7, 11) is 2.07. The van der Waals surface area contributed by atoms with Crippen LogP contribution in [0, 0.1) is 0 Å². The van der Waals surface area contributed by atoms with Crippen molar-refractivity contribution >= 4 is 11.9 Å². The first-order chi connectivity index (χ1) is 19.0. The van der Waals surface area contributed by atoms with Crippen molar-refractivity contribution in [2.45, 2.75) is 52.1 Å². The van der Waals surface area contributed by atoms with Gasteiger partial charge in [-0.3, -0.25) is 9.59 Å². The summed E-state index contributed by atoms with van der Waals surface area (Å²) < 4.78 is 10.9. The Hall–Kier alpha value is -3.64. The van der Waals surface area contributed by atoms with Gasteiger partial charge in [0.2, 0.25) is 5.91 Å². The minimum Gasteiger partial charge on any atom is -0.489 e. The van der Waals surface area contributed by atoms with Crippen molar-refractivity contribution < 1.29 is 19.1 Å². The Morgan fingerprint density at radius 3 is 2.15 bits per heavy atom. The van der Waals surface area contributed by atoms with E-state index in [1.54, 1.807) is 0 Å². The van der Waals surface area contributed by atoms with E-state index in [1.165, 1.54) is 11.1 Å². The van der Waals surface area contributed by atoms with E-state index in [1.807, 2.05) is 49.4 Å². The van der Waals surface area contributed by atoms with Gasteiger partial charge in [0, 0.05) is 19.5 Å². The molecular formula is C33H42N2O4. The van der Waals surface area contributed by atoms with Crippen LogP contribution in [0.1, 0.15) is 50.2 Å². The molecule has 0 radical (unpaired) electrons. The number of benzene rings is 3. The molecule has 0 aliphatic carbocycles. The fourth-order valence-corrected chi connectivity index (χ4v) is 4.28. The van der Waals surface area contributed by atoms with E-state index < -0.39 is 0 Å². The summed E-state index contributed by atoms with van der Waals surface area (Å²) >= 11 is 0. The second-order valence-electron chi connectivity index (χ2n) is 9.79. The molecule has 0 spiro atoms. The molecule has 3 aromatic carbocycles. The first-order valence-corrected chi connectivity index (χ1v) is 14.0. The minimum absolute atomic E-state index is 0.0227. The SMILES string of the molecule is CCOC(=O)CCCCCCN(C)CCNC(=O)Cc1ccc(OCc2ccc(-c3ccccc3)cc2)cc1. The van der Waals surface area contributed by atoms with Crippen LogP contribution in [0.15, 0.2) is 78.9 Å². The number of rotatable bonds is 17. The van der Waals surface area contributed by atoms with E-state index in [4.69, 9.17) is 9.47 Å². The summed E-state index contributed by atoms with van der Waals surface area (Å²) in [5.41, 5.74) is 4.46. The molecule has 0 fully saturated rings. The highest BCUT2D eigenvalue weighted by molar-refractivity contribution is 5.78. The lowest BCUT2D eigenvalue weighted by Crippen LogP contribution is -2.34. The molecule has 0 saturated heterocycles. The van der Waals surface area contributed by atoms with Crippen LogP contribution in [0.5, 0.6) is 5.75 Å². The summed E-state index contributed by atoms with van der Waals surface area (Å²) in [5.74, 6) is 0.707. The summed E-state index contributed by atoms with van der Waals surface area (Å²) in [6.45, 7) is 5.20. The van der Waals surface area contributed by atoms with Crippen molar-refractivity contribution in [3.05, 3.63) is 90.0 Å². The largest absolute Gasteiger partial charge is 0.489 e. The van der Waals surface area contributed by atoms with Gasteiger partial charge in [-0.25, -0.2) is 0 Å². The van der Waals surface area contributed by atoms with Gasteiger partial charge in [-0.15, -0.1) is 0 Å². The van der Waals surface area contributed by atoms with Crippen LogP contribution in [0.3, 0.4) is 0 Å². The van der Waals surface area contributed by atoms with E-state index in [-0.39, 0.29) is 11.9 Å². The molecule has 6 nitrogen and oxygen atoms in total. The molecule has 3 aromatic rings. The van der Waals surface area contributed by atoms with E-state index in [0.717, 1.165) is 55.6 Å². The van der Waals surface area contributed by atoms with Crippen molar-refractivity contribution in [2.24, 2.45) is 0 Å². The number of likely N-dealkylation sites (N-methyl/N-ethyl adjacent to an activating group) is 1. The number of unbranched alkanes of at least 4 members (excludes halogenated alkanes) is 3. The highest BCUT2D eigenvalue weighted by Gasteiger charge is 2.06. The van der Waals surface area contributed by atoms with Crippen molar-refractivity contribution in [1.82, 2.24) is 10.2 Å². The van der Waals surface area contributed by atoms with Crippen LogP contribution in [0.4, 0.5) is 0 Å². The lowest BCUT2D eigenvalue weighted by molar-refractivity contribution is -0.143. The fourth-order valence-electron chi connectivity index (χ4n) is 4.28. The third-order valence-electron chi connectivity index (χ3n) is 6.55. The smallest absolute Gasteiger partial charge is 0.305 e. The second kappa shape index (κ2) is 17.0. The second-order valence-corrected chi connectivity index (χ2v) is 9.79. The number of ether oxygens (including phenoxy) is 2. The number of carbonyl (C=O) groups is 2. The summed E-state index contributed by atoms with van der Waals surface area (Å²) in [6.07, 6.45) is 4.96. The van der Waals surface area contributed by atoms with Gasteiger partial charge in [-0.1, -0.05) is 79.6 Å². The number of carbonyl (C=O) groups excluding carboxylic acids is 2. The van der Waals surface area contributed by atoms with Crippen LogP contribution < -0.4 is 10.1 Å². The molecule has 1 amide bonds. The molecule has 0 unspecified atom stereocenters. The molecule has 0 aromatic heterocycles. The number of esters is 1. The molecule has 1 N–H and O–H groups in total. The maximum atomic E-state index is 12.4. The Balaban J connectivity index is 1.26. The highest BCUT2D eigenvalue weighted by Crippen LogP contribution is 2.20. The van der Waals surface area contributed by atoms with Crippen LogP contribution >= 0.6 is 0 Å². The monoisotopic (exact) mass is 530 g/mol. The third kappa shape index (κ3) is 11.7. The zero-order valence-electron chi connectivity index (χ0n) is 23.4. The molecule has 0 aliphatic rings. The van der Waals surface area contributed by atoms with Crippen LogP contribution in [0.2, 0.25) is 0 Å². The first kappa shape index (κ1) is 29.9. The maximum Gasteiger partial charge on any atom is 0.305 e. The zero-order chi connectivity index (χ0) is 27.7. The maximum absolute atomic E-state index is 12.4. The molecule has 6 heteroatoms. The molecule has 0 aliphatic heterocycles. The van der Waals surface area contributed by atoms with Crippen molar-refractivity contribution in [3.63, 3.8) is 0 Å². The topological polar surface area (TPSA) is 67.9 Å². The van der Waals surface area contributed by atoms with Gasteiger partial charge in [-0.05, 0) is 67.7 Å². The summed E-state index contributed by atoms with van der Waals surface area (Å²) in [5, 5.41) is 3.01. The Labute approximate surface area is 233 Å². The number of amides is 1. The van der Waals surface area contributed by atoms with E-state index in [2.05, 4.69) is 53.7 Å². The van der Waals surface area contributed by atoms with Crippen molar-refractivity contribution in [1.29, 1.82) is 0 Å². The van der Waals surface area contributed by atoms with E-state index in [9.17, 15) is 9.59 Å². The third-order valence-corrected chi connectivity index (χ3v) is 6.55. The number of nitrogens with zero attached hydrogens (tertiary/aromatic N) is 1. The highest BCUT2D eigenvalue weighted by atomic mass is 16.5. The van der Waals surface area contributed by atoms with Crippen LogP contribution in [-0.4, -0.2) is 50.1 Å². The summed E-state index contributed by atoms with van der Waals surface area (Å²) in [4.78, 5) is 25.9. The molecule has 0 heterocycles. The molecule has 3 rings (SSSR count). The van der Waals surface area contributed by atoms with Gasteiger partial charge in [0.1, 0.15) is 12.4 Å². The Kier molecular flexibility index (Phi) is 13.1.